The summed E-state index contributed by atoms with van der Waals surface area (Å²) in [5.41, 5.74) is 4.83. The van der Waals surface area contributed by atoms with Gasteiger partial charge in [0.15, 0.2) is 0 Å². The first-order valence-corrected chi connectivity index (χ1v) is 7.09. The van der Waals surface area contributed by atoms with Crippen molar-refractivity contribution in [1.82, 2.24) is 4.98 Å². The number of benzene rings is 1. The minimum atomic E-state index is -0.226. The third-order valence-electron chi connectivity index (χ3n) is 3.15. The number of nitrogens with zero attached hydrogens (tertiary/aromatic N) is 1. The Morgan fingerprint density at radius 1 is 1.30 bits per heavy atom. The molecule has 1 amide bonds. The predicted octanol–water partition coefficient (Wildman–Crippen LogP) is 3.80. The molecule has 1 N–H and O–H groups in total. The van der Waals surface area contributed by atoms with E-state index in [9.17, 15) is 4.79 Å². The van der Waals surface area contributed by atoms with E-state index in [-0.39, 0.29) is 11.8 Å². The van der Waals surface area contributed by atoms with Gasteiger partial charge in [0, 0.05) is 11.8 Å². The summed E-state index contributed by atoms with van der Waals surface area (Å²) in [6.07, 6.45) is 2.81. The van der Waals surface area contributed by atoms with Gasteiger partial charge in [-0.2, -0.15) is 0 Å². The normalized spacial score (nSPS) is 10.3. The molecule has 0 saturated carbocycles. The number of pyridine rings is 1. The van der Waals surface area contributed by atoms with Crippen LogP contribution in [-0.4, -0.2) is 16.8 Å². The van der Waals surface area contributed by atoms with Crippen molar-refractivity contribution in [3.05, 3.63) is 47.8 Å². The van der Waals surface area contributed by atoms with Crippen LogP contribution < -0.4 is 5.32 Å². The van der Waals surface area contributed by atoms with E-state index < -0.39 is 0 Å². The maximum absolute atomic E-state index is 11.4. The molecule has 1 aromatic heterocycles. The topological polar surface area (TPSA) is 42.0 Å². The molecule has 0 bridgehead atoms. The zero-order valence-electron chi connectivity index (χ0n) is 11.6. The quantitative estimate of drug-likeness (QED) is 0.870. The van der Waals surface area contributed by atoms with Crippen molar-refractivity contribution in [2.45, 2.75) is 20.3 Å². The zero-order chi connectivity index (χ0) is 14.5. The van der Waals surface area contributed by atoms with Crippen LogP contribution in [0.15, 0.2) is 36.5 Å². The van der Waals surface area contributed by atoms with Gasteiger partial charge in [0.2, 0.25) is 5.91 Å². The van der Waals surface area contributed by atoms with Crippen molar-refractivity contribution in [2.24, 2.45) is 0 Å². The minimum absolute atomic E-state index is 0.0605. The van der Waals surface area contributed by atoms with Crippen molar-refractivity contribution in [3.63, 3.8) is 0 Å². The summed E-state index contributed by atoms with van der Waals surface area (Å²) < 4.78 is 0. The summed E-state index contributed by atoms with van der Waals surface area (Å²) in [6.45, 7) is 3.98. The lowest BCUT2D eigenvalue weighted by Crippen LogP contribution is -2.13. The number of rotatable bonds is 4. The second-order valence-electron chi connectivity index (χ2n) is 4.59. The highest BCUT2D eigenvalue weighted by molar-refractivity contribution is 6.29. The van der Waals surface area contributed by atoms with Gasteiger partial charge >= 0.3 is 0 Å². The van der Waals surface area contributed by atoms with Gasteiger partial charge < -0.3 is 5.32 Å². The Hall–Kier alpha value is -1.87. The molecule has 1 heterocycles. The van der Waals surface area contributed by atoms with Crippen molar-refractivity contribution in [3.8, 4) is 11.1 Å². The molecule has 4 heteroatoms. The molecule has 0 radical (unpaired) electrons. The maximum Gasteiger partial charge on any atom is 0.239 e. The third-order valence-corrected chi connectivity index (χ3v) is 3.39. The number of anilines is 1. The third kappa shape index (κ3) is 3.36. The number of carbonyl (C=O) groups excluding carboxylic acids is 1. The summed E-state index contributed by atoms with van der Waals surface area (Å²) in [7, 11) is 0. The van der Waals surface area contributed by atoms with Crippen molar-refractivity contribution >= 4 is 23.2 Å². The molecule has 2 aromatic rings. The molecular weight excluding hydrogens is 272 g/mol. The maximum atomic E-state index is 11.4. The second kappa shape index (κ2) is 6.53. The van der Waals surface area contributed by atoms with E-state index in [1.54, 1.807) is 0 Å². The van der Waals surface area contributed by atoms with Gasteiger partial charge in [0.05, 0.1) is 11.4 Å². The Kier molecular flexibility index (Phi) is 4.74. The lowest BCUT2D eigenvalue weighted by Gasteiger charge is -2.10. The standard InChI is InChI=1S/C16H17ClN2O/c1-3-12-5-4-6-13(7-12)14-8-15(11(2)18-10-14)19-16(20)9-17/h4-8,10H,3,9H2,1-2H3,(H,19,20). The van der Waals surface area contributed by atoms with Crippen LogP contribution in [0.5, 0.6) is 0 Å². The number of aryl methyl sites for hydroxylation is 2. The number of alkyl halides is 1. The molecule has 0 aliphatic heterocycles. The number of hydrogen-bond donors (Lipinski definition) is 1. The van der Waals surface area contributed by atoms with Crippen LogP contribution in [-0.2, 0) is 11.2 Å². The first-order chi connectivity index (χ1) is 9.63. The molecule has 0 saturated heterocycles. The molecule has 20 heavy (non-hydrogen) atoms. The highest BCUT2D eigenvalue weighted by Crippen LogP contribution is 2.24. The van der Waals surface area contributed by atoms with E-state index in [1.165, 1.54) is 5.56 Å². The first kappa shape index (κ1) is 14.5. The Labute approximate surface area is 124 Å². The molecule has 0 aliphatic rings. The summed E-state index contributed by atoms with van der Waals surface area (Å²) in [5, 5.41) is 2.77. The van der Waals surface area contributed by atoms with Gasteiger partial charge in [0.1, 0.15) is 5.88 Å². The minimum Gasteiger partial charge on any atom is -0.323 e. The summed E-state index contributed by atoms with van der Waals surface area (Å²) in [6, 6.07) is 10.2. The van der Waals surface area contributed by atoms with Crippen LogP contribution in [0.25, 0.3) is 11.1 Å². The zero-order valence-corrected chi connectivity index (χ0v) is 12.4. The fourth-order valence-corrected chi connectivity index (χ4v) is 2.04. The van der Waals surface area contributed by atoms with Crippen molar-refractivity contribution in [2.75, 3.05) is 11.2 Å². The average molecular weight is 289 g/mol. The van der Waals surface area contributed by atoms with Gasteiger partial charge in [0.25, 0.3) is 0 Å². The van der Waals surface area contributed by atoms with Gasteiger partial charge in [-0.3, -0.25) is 9.78 Å². The van der Waals surface area contributed by atoms with Crippen LogP contribution in [0.3, 0.4) is 0 Å². The lowest BCUT2D eigenvalue weighted by molar-refractivity contribution is -0.113. The molecule has 3 nitrogen and oxygen atoms in total. The van der Waals surface area contributed by atoms with Crippen molar-refractivity contribution in [1.29, 1.82) is 0 Å². The Balaban J connectivity index is 2.37. The molecule has 1 aromatic carbocycles. The summed E-state index contributed by atoms with van der Waals surface area (Å²) in [5.74, 6) is -0.286. The van der Waals surface area contributed by atoms with Crippen LogP contribution in [0.1, 0.15) is 18.2 Å². The molecule has 0 spiro atoms. The summed E-state index contributed by atoms with van der Waals surface area (Å²) >= 11 is 5.52. The number of nitrogens with one attached hydrogen (secondary N) is 1. The predicted molar refractivity (Wildman–Crippen MR) is 83.1 cm³/mol. The van der Waals surface area contributed by atoms with Gasteiger partial charge in [-0.15, -0.1) is 11.6 Å². The molecular formula is C16H17ClN2O. The molecule has 0 unspecified atom stereocenters. The fourth-order valence-electron chi connectivity index (χ4n) is 1.97. The van der Waals surface area contributed by atoms with Crippen LogP contribution >= 0.6 is 11.6 Å². The smallest absolute Gasteiger partial charge is 0.239 e. The molecule has 0 fully saturated rings. The Bertz CT molecular complexity index is 626. The number of amides is 1. The fraction of sp³-hybridized carbons (Fsp3) is 0.250. The van der Waals surface area contributed by atoms with E-state index >= 15 is 0 Å². The highest BCUT2D eigenvalue weighted by atomic mass is 35.5. The lowest BCUT2D eigenvalue weighted by atomic mass is 10.0. The molecule has 0 atom stereocenters. The van der Waals surface area contributed by atoms with E-state index in [0.717, 1.165) is 23.2 Å². The molecule has 0 aliphatic carbocycles. The van der Waals surface area contributed by atoms with E-state index in [1.807, 2.05) is 31.3 Å². The van der Waals surface area contributed by atoms with Crippen LogP contribution in [0.2, 0.25) is 0 Å². The van der Waals surface area contributed by atoms with Crippen LogP contribution in [0.4, 0.5) is 5.69 Å². The van der Waals surface area contributed by atoms with Crippen LogP contribution in [0, 0.1) is 6.92 Å². The van der Waals surface area contributed by atoms with E-state index in [0.29, 0.717) is 5.69 Å². The number of hydrogen-bond acceptors (Lipinski definition) is 2. The largest absolute Gasteiger partial charge is 0.323 e. The highest BCUT2D eigenvalue weighted by Gasteiger charge is 2.07. The van der Waals surface area contributed by atoms with E-state index in [2.05, 4.69) is 29.4 Å². The van der Waals surface area contributed by atoms with Crippen molar-refractivity contribution < 1.29 is 4.79 Å². The monoisotopic (exact) mass is 288 g/mol. The number of halogens is 1. The van der Waals surface area contributed by atoms with Gasteiger partial charge in [-0.25, -0.2) is 0 Å². The Morgan fingerprint density at radius 2 is 2.10 bits per heavy atom. The number of carbonyl (C=O) groups is 1. The average Bonchev–Trinajstić information content (AvgIpc) is 2.49. The molecule has 104 valence electrons. The number of aromatic nitrogens is 1. The first-order valence-electron chi connectivity index (χ1n) is 6.55. The Morgan fingerprint density at radius 3 is 2.80 bits per heavy atom. The van der Waals surface area contributed by atoms with Gasteiger partial charge in [-0.1, -0.05) is 31.2 Å². The summed E-state index contributed by atoms with van der Waals surface area (Å²) in [4.78, 5) is 15.8. The SMILES string of the molecule is CCc1cccc(-c2cnc(C)c(NC(=O)CCl)c2)c1. The van der Waals surface area contributed by atoms with E-state index in [4.69, 9.17) is 11.6 Å². The van der Waals surface area contributed by atoms with Gasteiger partial charge in [-0.05, 0) is 30.5 Å². The molecule has 2 rings (SSSR count). The second-order valence-corrected chi connectivity index (χ2v) is 4.86.